The van der Waals surface area contributed by atoms with Crippen molar-refractivity contribution in [1.82, 2.24) is 10.2 Å². The second-order valence-corrected chi connectivity index (χ2v) is 6.17. The molecule has 5 nitrogen and oxygen atoms in total. The number of guanidine groups is 1. The predicted molar refractivity (Wildman–Crippen MR) is 98.6 cm³/mol. The van der Waals surface area contributed by atoms with E-state index in [2.05, 4.69) is 52.2 Å². The summed E-state index contributed by atoms with van der Waals surface area (Å²) >= 11 is 0. The minimum Gasteiger partial charge on any atom is -0.467 e. The normalized spacial score (nSPS) is 15.7. The third-order valence-electron chi connectivity index (χ3n) is 4.71. The van der Waals surface area contributed by atoms with Crippen LogP contribution < -0.4 is 10.2 Å². The quantitative estimate of drug-likeness (QED) is 0.696. The second-order valence-electron chi connectivity index (χ2n) is 6.17. The van der Waals surface area contributed by atoms with E-state index in [1.807, 2.05) is 19.2 Å². The summed E-state index contributed by atoms with van der Waals surface area (Å²) in [5.41, 5.74) is 4.09. The number of rotatable bonds is 3. The van der Waals surface area contributed by atoms with E-state index in [1.165, 1.54) is 16.8 Å². The van der Waals surface area contributed by atoms with Crippen molar-refractivity contribution in [3.05, 3.63) is 53.5 Å². The third-order valence-corrected chi connectivity index (χ3v) is 4.71. The fourth-order valence-corrected chi connectivity index (χ4v) is 3.15. The van der Waals surface area contributed by atoms with Crippen LogP contribution in [0, 0.1) is 13.8 Å². The molecule has 1 N–H and O–H groups in total. The van der Waals surface area contributed by atoms with Gasteiger partial charge in [-0.15, -0.1) is 0 Å². The number of nitrogens with one attached hydrogen (secondary N) is 1. The highest BCUT2D eigenvalue weighted by molar-refractivity contribution is 5.80. The first-order valence-corrected chi connectivity index (χ1v) is 8.48. The van der Waals surface area contributed by atoms with E-state index in [-0.39, 0.29) is 0 Å². The molecule has 0 bridgehead atoms. The summed E-state index contributed by atoms with van der Waals surface area (Å²) in [6.45, 7) is 8.99. The van der Waals surface area contributed by atoms with Crippen molar-refractivity contribution in [1.29, 1.82) is 0 Å². The monoisotopic (exact) mass is 326 g/mol. The maximum Gasteiger partial charge on any atom is 0.194 e. The van der Waals surface area contributed by atoms with Gasteiger partial charge in [0.05, 0.1) is 12.8 Å². The van der Waals surface area contributed by atoms with Crippen LogP contribution in [-0.2, 0) is 6.54 Å². The zero-order valence-corrected chi connectivity index (χ0v) is 14.7. The van der Waals surface area contributed by atoms with Crippen molar-refractivity contribution in [3.63, 3.8) is 0 Å². The molecule has 5 heteroatoms. The zero-order valence-electron chi connectivity index (χ0n) is 14.7. The second kappa shape index (κ2) is 7.43. The molecule has 1 aromatic carbocycles. The van der Waals surface area contributed by atoms with E-state index in [1.54, 1.807) is 6.26 Å². The minimum atomic E-state index is 0.664. The van der Waals surface area contributed by atoms with Crippen molar-refractivity contribution in [2.24, 2.45) is 4.99 Å². The van der Waals surface area contributed by atoms with Gasteiger partial charge in [0.15, 0.2) is 5.96 Å². The lowest BCUT2D eigenvalue weighted by Gasteiger charge is -2.38. The number of furan rings is 1. The van der Waals surface area contributed by atoms with Crippen LogP contribution in [0.5, 0.6) is 0 Å². The molecule has 1 fully saturated rings. The Labute approximate surface area is 144 Å². The molecule has 1 aliphatic rings. The van der Waals surface area contributed by atoms with Gasteiger partial charge < -0.3 is 19.5 Å². The Morgan fingerprint density at radius 2 is 1.92 bits per heavy atom. The molecule has 0 spiro atoms. The summed E-state index contributed by atoms with van der Waals surface area (Å²) in [7, 11) is 1.83. The number of hydrogen-bond acceptors (Lipinski definition) is 3. The molecule has 2 aromatic rings. The maximum absolute atomic E-state index is 5.37. The molecule has 2 heterocycles. The Morgan fingerprint density at radius 1 is 1.12 bits per heavy atom. The Kier molecular flexibility index (Phi) is 5.08. The number of aliphatic imine (C=N–C) groups is 1. The molecular weight excluding hydrogens is 300 g/mol. The lowest BCUT2D eigenvalue weighted by Crippen LogP contribution is -2.52. The lowest BCUT2D eigenvalue weighted by molar-refractivity contribution is 0.369. The molecule has 1 aromatic heterocycles. The van der Waals surface area contributed by atoms with Crippen LogP contribution in [0.4, 0.5) is 5.69 Å². The van der Waals surface area contributed by atoms with Crippen LogP contribution in [0.2, 0.25) is 0 Å². The van der Waals surface area contributed by atoms with Gasteiger partial charge in [-0.25, -0.2) is 0 Å². The highest BCUT2D eigenvalue weighted by atomic mass is 16.3. The number of benzene rings is 1. The third kappa shape index (κ3) is 3.55. The SMILES string of the molecule is CN=C(NCc1ccco1)N1CCN(c2cccc(C)c2C)CC1. The van der Waals surface area contributed by atoms with Crippen molar-refractivity contribution in [2.45, 2.75) is 20.4 Å². The number of piperazine rings is 1. The van der Waals surface area contributed by atoms with Crippen molar-refractivity contribution in [3.8, 4) is 0 Å². The van der Waals surface area contributed by atoms with Gasteiger partial charge in [-0.05, 0) is 43.2 Å². The van der Waals surface area contributed by atoms with E-state index in [0.29, 0.717) is 6.54 Å². The maximum atomic E-state index is 5.37. The Morgan fingerprint density at radius 3 is 2.58 bits per heavy atom. The average molecular weight is 326 g/mol. The van der Waals surface area contributed by atoms with Gasteiger partial charge in [0.2, 0.25) is 0 Å². The van der Waals surface area contributed by atoms with Gasteiger partial charge in [0.25, 0.3) is 0 Å². The zero-order chi connectivity index (χ0) is 16.9. The van der Waals surface area contributed by atoms with Crippen LogP contribution in [0.3, 0.4) is 0 Å². The molecule has 0 unspecified atom stereocenters. The van der Waals surface area contributed by atoms with E-state index in [4.69, 9.17) is 4.42 Å². The van der Waals surface area contributed by atoms with Crippen LogP contribution in [-0.4, -0.2) is 44.1 Å². The van der Waals surface area contributed by atoms with Crippen molar-refractivity contribution >= 4 is 11.6 Å². The molecular formula is C19H26N4O. The van der Waals surface area contributed by atoms with Gasteiger partial charge in [-0.3, -0.25) is 4.99 Å². The van der Waals surface area contributed by atoms with Crippen LogP contribution >= 0.6 is 0 Å². The van der Waals surface area contributed by atoms with Gasteiger partial charge >= 0.3 is 0 Å². The number of anilines is 1. The van der Waals surface area contributed by atoms with E-state index < -0.39 is 0 Å². The average Bonchev–Trinajstić information content (AvgIpc) is 3.12. The topological polar surface area (TPSA) is 44.0 Å². The van der Waals surface area contributed by atoms with Crippen molar-refractivity contribution < 1.29 is 4.42 Å². The standard InChI is InChI=1S/C19H26N4O/c1-15-6-4-8-18(16(15)2)22-9-11-23(12-10-22)19(20-3)21-14-17-7-5-13-24-17/h4-8,13H,9-12,14H2,1-3H3,(H,20,21). The Hall–Kier alpha value is -2.43. The van der Waals surface area contributed by atoms with E-state index in [9.17, 15) is 0 Å². The molecule has 1 saturated heterocycles. The molecule has 0 atom stereocenters. The van der Waals surface area contributed by atoms with E-state index in [0.717, 1.165) is 37.9 Å². The van der Waals surface area contributed by atoms with Gasteiger partial charge in [0.1, 0.15) is 5.76 Å². The molecule has 0 saturated carbocycles. The van der Waals surface area contributed by atoms with Crippen LogP contribution in [0.15, 0.2) is 46.0 Å². The van der Waals surface area contributed by atoms with E-state index >= 15 is 0 Å². The highest BCUT2D eigenvalue weighted by Gasteiger charge is 2.21. The summed E-state index contributed by atoms with van der Waals surface area (Å²) in [6.07, 6.45) is 1.70. The first-order chi connectivity index (χ1) is 11.7. The molecule has 128 valence electrons. The van der Waals surface area contributed by atoms with Gasteiger partial charge in [-0.1, -0.05) is 12.1 Å². The highest BCUT2D eigenvalue weighted by Crippen LogP contribution is 2.23. The van der Waals surface area contributed by atoms with Crippen LogP contribution in [0.25, 0.3) is 0 Å². The Balaban J connectivity index is 1.58. The fourth-order valence-electron chi connectivity index (χ4n) is 3.15. The molecule has 0 amide bonds. The molecule has 3 rings (SSSR count). The molecule has 1 aliphatic heterocycles. The molecule has 0 radical (unpaired) electrons. The Bertz CT molecular complexity index is 685. The first kappa shape index (κ1) is 16.4. The largest absolute Gasteiger partial charge is 0.467 e. The predicted octanol–water partition coefficient (Wildman–Crippen LogP) is 2.79. The summed E-state index contributed by atoms with van der Waals surface area (Å²) in [6, 6.07) is 10.4. The lowest BCUT2D eigenvalue weighted by atomic mass is 10.1. The number of hydrogen-bond donors (Lipinski definition) is 1. The number of nitrogens with zero attached hydrogens (tertiary/aromatic N) is 3. The minimum absolute atomic E-state index is 0.664. The number of aryl methyl sites for hydroxylation is 1. The van der Waals surface area contributed by atoms with Gasteiger partial charge in [0, 0.05) is 38.9 Å². The van der Waals surface area contributed by atoms with Gasteiger partial charge in [-0.2, -0.15) is 0 Å². The smallest absolute Gasteiger partial charge is 0.194 e. The summed E-state index contributed by atoms with van der Waals surface area (Å²) < 4.78 is 5.37. The summed E-state index contributed by atoms with van der Waals surface area (Å²) in [5.74, 6) is 1.86. The summed E-state index contributed by atoms with van der Waals surface area (Å²) in [4.78, 5) is 9.19. The fraction of sp³-hybridized carbons (Fsp3) is 0.421. The molecule has 0 aliphatic carbocycles. The van der Waals surface area contributed by atoms with Crippen LogP contribution in [0.1, 0.15) is 16.9 Å². The summed E-state index contributed by atoms with van der Waals surface area (Å²) in [5, 5.41) is 3.38. The van der Waals surface area contributed by atoms with Crippen molar-refractivity contribution in [2.75, 3.05) is 38.1 Å². The molecule has 24 heavy (non-hydrogen) atoms. The first-order valence-electron chi connectivity index (χ1n) is 8.48.